The Labute approximate surface area is 139 Å². The molecule has 1 heterocycles. The molecule has 0 fully saturated rings. The number of aromatic nitrogens is 2. The molecular weight excluding hydrogens is 308 g/mol. The first-order valence-electron chi connectivity index (χ1n) is 7.56. The minimum atomic E-state index is -0.704. The second-order valence-electron chi connectivity index (χ2n) is 5.37. The molecule has 0 bridgehead atoms. The third-order valence-corrected chi connectivity index (χ3v) is 3.63. The molecule has 3 aromatic rings. The van der Waals surface area contributed by atoms with E-state index in [0.717, 1.165) is 11.0 Å². The van der Waals surface area contributed by atoms with E-state index in [1.54, 1.807) is 30.6 Å². The smallest absolute Gasteiger partial charge is 0.337 e. The summed E-state index contributed by atoms with van der Waals surface area (Å²) in [4.78, 5) is 15.8. The number of benzene rings is 2. The number of ether oxygens (including phenoxy) is 2. The van der Waals surface area contributed by atoms with Crippen molar-refractivity contribution in [3.63, 3.8) is 0 Å². The van der Waals surface area contributed by atoms with Gasteiger partial charge < -0.3 is 19.1 Å². The predicted molar refractivity (Wildman–Crippen MR) is 89.0 cm³/mol. The van der Waals surface area contributed by atoms with Crippen molar-refractivity contribution in [2.24, 2.45) is 0 Å². The molecule has 3 rings (SSSR count). The highest BCUT2D eigenvalue weighted by Gasteiger charge is 2.11. The molecule has 0 aliphatic carbocycles. The standard InChI is InChI=1S/C18H18N2O4/c1-23-18(22)13-5-4-6-15(9-13)24-11-14(21)10-20-12-19-16-7-2-3-8-17(16)20/h2-9,12,14,21H,10-11H2,1H3/t14-/m1/s1. The molecular formula is C18H18N2O4. The number of aliphatic hydroxyl groups excluding tert-OH is 1. The van der Waals surface area contributed by atoms with Crippen LogP contribution in [0.15, 0.2) is 54.9 Å². The Hall–Kier alpha value is -2.86. The summed E-state index contributed by atoms with van der Waals surface area (Å²) in [6, 6.07) is 14.4. The molecule has 1 atom stereocenters. The van der Waals surface area contributed by atoms with Crippen LogP contribution in [0.1, 0.15) is 10.4 Å². The fourth-order valence-corrected chi connectivity index (χ4v) is 2.46. The minimum absolute atomic E-state index is 0.108. The third kappa shape index (κ3) is 3.55. The Kier molecular flexibility index (Phi) is 4.77. The number of para-hydroxylation sites is 2. The average molecular weight is 326 g/mol. The SMILES string of the molecule is COC(=O)c1cccc(OC[C@H](O)Cn2cnc3ccccc32)c1. The first kappa shape index (κ1) is 16.0. The van der Waals surface area contributed by atoms with Gasteiger partial charge in [-0.1, -0.05) is 18.2 Å². The summed E-state index contributed by atoms with van der Waals surface area (Å²) in [5.41, 5.74) is 2.26. The normalized spacial score (nSPS) is 12.1. The Balaban J connectivity index is 1.61. The van der Waals surface area contributed by atoms with Crippen molar-refractivity contribution in [1.82, 2.24) is 9.55 Å². The van der Waals surface area contributed by atoms with Gasteiger partial charge in [0.25, 0.3) is 0 Å². The van der Waals surface area contributed by atoms with Gasteiger partial charge in [-0.15, -0.1) is 0 Å². The van der Waals surface area contributed by atoms with Crippen molar-refractivity contribution in [3.8, 4) is 5.75 Å². The number of esters is 1. The summed E-state index contributed by atoms with van der Waals surface area (Å²) in [5, 5.41) is 10.2. The van der Waals surface area contributed by atoms with Gasteiger partial charge in [0.2, 0.25) is 0 Å². The molecule has 0 unspecified atom stereocenters. The maximum Gasteiger partial charge on any atom is 0.337 e. The summed E-state index contributed by atoms with van der Waals surface area (Å²) in [5.74, 6) is 0.0818. The Morgan fingerprint density at radius 1 is 1.25 bits per heavy atom. The molecule has 24 heavy (non-hydrogen) atoms. The molecule has 1 N–H and O–H groups in total. The lowest BCUT2D eigenvalue weighted by Gasteiger charge is -2.14. The zero-order chi connectivity index (χ0) is 16.9. The van der Waals surface area contributed by atoms with Crippen molar-refractivity contribution < 1.29 is 19.4 Å². The highest BCUT2D eigenvalue weighted by atomic mass is 16.5. The van der Waals surface area contributed by atoms with Gasteiger partial charge in [-0.2, -0.15) is 0 Å². The summed E-state index contributed by atoms with van der Waals surface area (Å²) in [6.07, 6.45) is 0.996. The van der Waals surface area contributed by atoms with E-state index in [1.807, 2.05) is 28.8 Å². The lowest BCUT2D eigenvalue weighted by atomic mass is 10.2. The Morgan fingerprint density at radius 2 is 2.08 bits per heavy atom. The average Bonchev–Trinajstić information content (AvgIpc) is 3.02. The van der Waals surface area contributed by atoms with Crippen LogP contribution in [0.2, 0.25) is 0 Å². The van der Waals surface area contributed by atoms with Crippen molar-refractivity contribution >= 4 is 17.0 Å². The molecule has 0 radical (unpaired) electrons. The summed E-state index contributed by atoms with van der Waals surface area (Å²) in [6.45, 7) is 0.480. The number of carbonyl (C=O) groups excluding carboxylic acids is 1. The van der Waals surface area contributed by atoms with E-state index in [-0.39, 0.29) is 6.61 Å². The van der Waals surface area contributed by atoms with Crippen molar-refractivity contribution in [2.45, 2.75) is 12.6 Å². The van der Waals surface area contributed by atoms with Gasteiger partial charge in [-0.25, -0.2) is 9.78 Å². The number of hydrogen-bond acceptors (Lipinski definition) is 5. The fourth-order valence-electron chi connectivity index (χ4n) is 2.46. The molecule has 0 amide bonds. The van der Waals surface area contributed by atoms with Crippen LogP contribution < -0.4 is 4.74 Å². The lowest BCUT2D eigenvalue weighted by molar-refractivity contribution is 0.0599. The first-order chi connectivity index (χ1) is 11.7. The third-order valence-electron chi connectivity index (χ3n) is 3.63. The van der Waals surface area contributed by atoms with E-state index < -0.39 is 12.1 Å². The number of hydrogen-bond donors (Lipinski definition) is 1. The molecule has 6 nitrogen and oxygen atoms in total. The van der Waals surface area contributed by atoms with Gasteiger partial charge in [0.15, 0.2) is 0 Å². The highest BCUT2D eigenvalue weighted by Crippen LogP contribution is 2.15. The van der Waals surface area contributed by atoms with Gasteiger partial charge in [-0.05, 0) is 30.3 Å². The van der Waals surface area contributed by atoms with Crippen LogP contribution in [0.4, 0.5) is 0 Å². The summed E-state index contributed by atoms with van der Waals surface area (Å²) >= 11 is 0. The van der Waals surface area contributed by atoms with E-state index >= 15 is 0 Å². The van der Waals surface area contributed by atoms with Crippen LogP contribution in [0.25, 0.3) is 11.0 Å². The predicted octanol–water partition coefficient (Wildman–Crippen LogP) is 2.26. The number of nitrogens with zero attached hydrogens (tertiary/aromatic N) is 2. The highest BCUT2D eigenvalue weighted by molar-refractivity contribution is 5.89. The number of methoxy groups -OCH3 is 1. The van der Waals surface area contributed by atoms with Crippen LogP contribution in [-0.4, -0.2) is 40.4 Å². The van der Waals surface area contributed by atoms with E-state index in [4.69, 9.17) is 4.74 Å². The maximum atomic E-state index is 11.5. The van der Waals surface area contributed by atoms with Crippen molar-refractivity contribution in [2.75, 3.05) is 13.7 Å². The number of fused-ring (bicyclic) bond motifs is 1. The molecule has 1 aromatic heterocycles. The van der Waals surface area contributed by atoms with Crippen molar-refractivity contribution in [3.05, 3.63) is 60.4 Å². The van der Waals surface area contributed by atoms with Gasteiger partial charge >= 0.3 is 5.97 Å². The molecule has 0 saturated carbocycles. The van der Waals surface area contributed by atoms with E-state index in [9.17, 15) is 9.90 Å². The summed E-state index contributed by atoms with van der Waals surface area (Å²) in [7, 11) is 1.33. The molecule has 6 heteroatoms. The minimum Gasteiger partial charge on any atom is -0.491 e. The number of imidazole rings is 1. The van der Waals surface area contributed by atoms with E-state index in [2.05, 4.69) is 9.72 Å². The fraction of sp³-hybridized carbons (Fsp3) is 0.222. The Morgan fingerprint density at radius 3 is 2.92 bits per heavy atom. The topological polar surface area (TPSA) is 73.6 Å². The number of carbonyl (C=O) groups is 1. The number of rotatable bonds is 6. The second-order valence-corrected chi connectivity index (χ2v) is 5.37. The van der Waals surface area contributed by atoms with Crippen LogP contribution in [-0.2, 0) is 11.3 Å². The molecule has 0 aliphatic heterocycles. The largest absolute Gasteiger partial charge is 0.491 e. The molecule has 0 aliphatic rings. The van der Waals surface area contributed by atoms with Crippen molar-refractivity contribution in [1.29, 1.82) is 0 Å². The molecule has 124 valence electrons. The zero-order valence-electron chi connectivity index (χ0n) is 13.3. The second kappa shape index (κ2) is 7.14. The van der Waals surface area contributed by atoms with Crippen LogP contribution in [0, 0.1) is 0 Å². The van der Waals surface area contributed by atoms with Gasteiger partial charge in [0, 0.05) is 0 Å². The Bertz CT molecular complexity index is 844. The monoisotopic (exact) mass is 326 g/mol. The van der Waals surface area contributed by atoms with Crippen LogP contribution in [0.5, 0.6) is 5.75 Å². The molecule has 0 saturated heterocycles. The molecule has 0 spiro atoms. The number of aliphatic hydroxyl groups is 1. The summed E-state index contributed by atoms with van der Waals surface area (Å²) < 4.78 is 12.1. The molecule has 2 aromatic carbocycles. The van der Waals surface area contributed by atoms with E-state index in [1.165, 1.54) is 7.11 Å². The maximum absolute atomic E-state index is 11.5. The first-order valence-corrected chi connectivity index (χ1v) is 7.56. The van der Waals surface area contributed by atoms with Crippen LogP contribution in [0.3, 0.4) is 0 Å². The quantitative estimate of drug-likeness (QED) is 0.703. The van der Waals surface area contributed by atoms with E-state index in [0.29, 0.717) is 17.9 Å². The zero-order valence-corrected chi connectivity index (χ0v) is 13.3. The lowest BCUT2D eigenvalue weighted by Crippen LogP contribution is -2.23. The van der Waals surface area contributed by atoms with Gasteiger partial charge in [0.05, 0.1) is 36.6 Å². The van der Waals surface area contributed by atoms with Gasteiger partial charge in [-0.3, -0.25) is 0 Å². The van der Waals surface area contributed by atoms with Crippen LogP contribution >= 0.6 is 0 Å². The van der Waals surface area contributed by atoms with Gasteiger partial charge in [0.1, 0.15) is 18.5 Å².